The van der Waals surface area contributed by atoms with Gasteiger partial charge < -0.3 is 9.64 Å². The van der Waals surface area contributed by atoms with E-state index in [2.05, 4.69) is 42.2 Å². The molecule has 0 N–H and O–H groups in total. The van der Waals surface area contributed by atoms with Gasteiger partial charge in [0.2, 0.25) is 5.91 Å². The van der Waals surface area contributed by atoms with Crippen LogP contribution in [0.25, 0.3) is 0 Å². The van der Waals surface area contributed by atoms with Crippen molar-refractivity contribution in [3.05, 3.63) is 35.9 Å². The number of hydrogen-bond acceptors (Lipinski definition) is 3. The second-order valence-corrected chi connectivity index (χ2v) is 6.78. The van der Waals surface area contributed by atoms with E-state index in [9.17, 15) is 4.79 Å². The lowest BCUT2D eigenvalue weighted by Gasteiger charge is -2.38. The summed E-state index contributed by atoms with van der Waals surface area (Å²) >= 11 is 0. The van der Waals surface area contributed by atoms with Gasteiger partial charge in [0.1, 0.15) is 0 Å². The number of amides is 1. The van der Waals surface area contributed by atoms with Gasteiger partial charge in [-0.25, -0.2) is 0 Å². The van der Waals surface area contributed by atoms with Crippen LogP contribution in [0.3, 0.4) is 0 Å². The van der Waals surface area contributed by atoms with Crippen LogP contribution in [0.2, 0.25) is 0 Å². The number of carbonyl (C=O) groups is 1. The molecule has 4 nitrogen and oxygen atoms in total. The van der Waals surface area contributed by atoms with E-state index >= 15 is 0 Å². The summed E-state index contributed by atoms with van der Waals surface area (Å²) < 4.78 is 5.34. The first-order chi connectivity index (χ1) is 11.2. The van der Waals surface area contributed by atoms with Gasteiger partial charge in [0.05, 0.1) is 19.3 Å². The molecule has 1 aromatic rings. The zero-order chi connectivity index (χ0) is 16.1. The van der Waals surface area contributed by atoms with Crippen LogP contribution < -0.4 is 0 Å². The maximum atomic E-state index is 12.6. The lowest BCUT2D eigenvalue weighted by molar-refractivity contribution is -0.141. The Balaban J connectivity index is 1.47. The van der Waals surface area contributed by atoms with Gasteiger partial charge in [-0.1, -0.05) is 30.3 Å². The molecule has 4 heteroatoms. The normalized spacial score (nSPS) is 22.0. The van der Waals surface area contributed by atoms with Crippen molar-refractivity contribution < 1.29 is 9.53 Å². The second-order valence-electron chi connectivity index (χ2n) is 6.78. The van der Waals surface area contributed by atoms with Gasteiger partial charge in [-0.15, -0.1) is 0 Å². The van der Waals surface area contributed by atoms with Crippen molar-refractivity contribution in [1.29, 1.82) is 0 Å². The van der Waals surface area contributed by atoms with Crippen LogP contribution in [0, 0.1) is 5.92 Å². The molecule has 2 fully saturated rings. The van der Waals surface area contributed by atoms with Gasteiger partial charge >= 0.3 is 0 Å². The van der Waals surface area contributed by atoms with Gasteiger partial charge in [-0.2, -0.15) is 0 Å². The molecule has 1 atom stereocenters. The second kappa shape index (κ2) is 7.93. The number of morpholine rings is 1. The summed E-state index contributed by atoms with van der Waals surface area (Å²) in [5.41, 5.74) is 1.43. The highest BCUT2D eigenvalue weighted by atomic mass is 16.5. The molecule has 3 rings (SSSR count). The molecule has 0 radical (unpaired) electrons. The van der Waals surface area contributed by atoms with Crippen molar-refractivity contribution in [2.24, 2.45) is 5.92 Å². The molecule has 0 unspecified atom stereocenters. The Hall–Kier alpha value is -1.39. The molecule has 23 heavy (non-hydrogen) atoms. The highest BCUT2D eigenvalue weighted by Gasteiger charge is 2.30. The minimum absolute atomic E-state index is 0.00535. The predicted molar refractivity (Wildman–Crippen MR) is 91.3 cm³/mol. The minimum Gasteiger partial charge on any atom is -0.378 e. The Labute approximate surface area is 139 Å². The molecular formula is C19H28N2O2. The van der Waals surface area contributed by atoms with Crippen LogP contribution in [0.4, 0.5) is 0 Å². The van der Waals surface area contributed by atoms with Gasteiger partial charge in [0.25, 0.3) is 0 Å². The molecule has 2 aliphatic heterocycles. The van der Waals surface area contributed by atoms with E-state index in [1.165, 1.54) is 24.8 Å². The van der Waals surface area contributed by atoms with Crippen LogP contribution in [0.15, 0.2) is 30.3 Å². The Kier molecular flexibility index (Phi) is 5.68. The largest absolute Gasteiger partial charge is 0.378 e. The summed E-state index contributed by atoms with van der Waals surface area (Å²) in [6, 6.07) is 10.8. The SMILES string of the molecule is C[C@@H](C(=O)N1CCOCC1)N1CCC(Cc2ccccc2)CC1. The molecule has 2 aliphatic rings. The Morgan fingerprint density at radius 3 is 2.43 bits per heavy atom. The molecule has 0 spiro atoms. The van der Waals surface area contributed by atoms with Crippen molar-refractivity contribution in [2.75, 3.05) is 39.4 Å². The lowest BCUT2D eigenvalue weighted by atomic mass is 9.89. The quantitative estimate of drug-likeness (QED) is 0.853. The fraction of sp³-hybridized carbons (Fsp3) is 0.632. The summed E-state index contributed by atoms with van der Waals surface area (Å²) in [7, 11) is 0. The third-order valence-electron chi connectivity index (χ3n) is 5.24. The van der Waals surface area contributed by atoms with Gasteiger partial charge in [-0.05, 0) is 50.8 Å². The van der Waals surface area contributed by atoms with E-state index in [4.69, 9.17) is 4.74 Å². The van der Waals surface area contributed by atoms with E-state index in [1.807, 2.05) is 4.90 Å². The number of nitrogens with zero attached hydrogens (tertiary/aromatic N) is 2. The number of carbonyl (C=O) groups excluding carboxylic acids is 1. The summed E-state index contributed by atoms with van der Waals surface area (Å²) in [6.45, 7) is 6.98. The first kappa shape index (κ1) is 16.5. The molecular weight excluding hydrogens is 288 g/mol. The molecule has 126 valence electrons. The summed E-state index contributed by atoms with van der Waals surface area (Å²) in [6.07, 6.45) is 3.55. The number of benzene rings is 1. The van der Waals surface area contributed by atoms with Crippen molar-refractivity contribution >= 4 is 5.91 Å². The van der Waals surface area contributed by atoms with Crippen LogP contribution in [0.1, 0.15) is 25.3 Å². The van der Waals surface area contributed by atoms with Crippen LogP contribution in [-0.4, -0.2) is 61.1 Å². The zero-order valence-electron chi connectivity index (χ0n) is 14.1. The molecule has 0 aliphatic carbocycles. The number of ether oxygens (including phenoxy) is 1. The maximum absolute atomic E-state index is 12.6. The minimum atomic E-state index is 0.00535. The van der Waals surface area contributed by atoms with Gasteiger partial charge in [-0.3, -0.25) is 9.69 Å². The van der Waals surface area contributed by atoms with Crippen molar-refractivity contribution in [3.63, 3.8) is 0 Å². The smallest absolute Gasteiger partial charge is 0.239 e. The summed E-state index contributed by atoms with van der Waals surface area (Å²) in [5.74, 6) is 1.02. The monoisotopic (exact) mass is 316 g/mol. The fourth-order valence-electron chi connectivity index (χ4n) is 3.70. The first-order valence-corrected chi connectivity index (χ1v) is 8.88. The third kappa shape index (κ3) is 4.33. The van der Waals surface area contributed by atoms with Crippen LogP contribution in [0.5, 0.6) is 0 Å². The number of piperidine rings is 1. The average Bonchev–Trinajstić information content (AvgIpc) is 2.63. The van der Waals surface area contributed by atoms with Crippen molar-refractivity contribution in [1.82, 2.24) is 9.80 Å². The molecule has 2 saturated heterocycles. The topological polar surface area (TPSA) is 32.8 Å². The molecule has 1 amide bonds. The van der Waals surface area contributed by atoms with Gasteiger partial charge in [0, 0.05) is 13.1 Å². The maximum Gasteiger partial charge on any atom is 0.239 e. The lowest BCUT2D eigenvalue weighted by Crippen LogP contribution is -2.52. The number of likely N-dealkylation sites (tertiary alicyclic amines) is 1. The van der Waals surface area contributed by atoms with Gasteiger partial charge in [0.15, 0.2) is 0 Å². The van der Waals surface area contributed by atoms with E-state index in [-0.39, 0.29) is 11.9 Å². The highest BCUT2D eigenvalue weighted by molar-refractivity contribution is 5.81. The molecule has 2 heterocycles. The van der Waals surface area contributed by atoms with E-state index in [1.54, 1.807) is 0 Å². The van der Waals surface area contributed by atoms with E-state index in [0.717, 1.165) is 32.1 Å². The van der Waals surface area contributed by atoms with Crippen molar-refractivity contribution in [2.45, 2.75) is 32.2 Å². The Bertz CT molecular complexity index is 491. The summed E-state index contributed by atoms with van der Waals surface area (Å²) in [5, 5.41) is 0. The molecule has 0 bridgehead atoms. The zero-order valence-corrected chi connectivity index (χ0v) is 14.1. The fourth-order valence-corrected chi connectivity index (χ4v) is 3.70. The standard InChI is InChI=1S/C19H28N2O2/c1-16(19(22)21-11-13-23-14-12-21)20-9-7-18(8-10-20)15-17-5-3-2-4-6-17/h2-6,16,18H,7-15H2,1H3/t16-/m0/s1. The predicted octanol–water partition coefficient (Wildman–Crippen LogP) is 2.19. The van der Waals surface area contributed by atoms with Crippen LogP contribution in [-0.2, 0) is 16.0 Å². The molecule has 0 saturated carbocycles. The number of hydrogen-bond donors (Lipinski definition) is 0. The summed E-state index contributed by atoms with van der Waals surface area (Å²) in [4.78, 5) is 16.9. The van der Waals surface area contributed by atoms with Crippen LogP contribution >= 0.6 is 0 Å². The van der Waals surface area contributed by atoms with E-state index in [0.29, 0.717) is 13.2 Å². The average molecular weight is 316 g/mol. The first-order valence-electron chi connectivity index (χ1n) is 8.88. The molecule has 1 aromatic carbocycles. The number of rotatable bonds is 4. The third-order valence-corrected chi connectivity index (χ3v) is 5.24. The van der Waals surface area contributed by atoms with Crippen molar-refractivity contribution in [3.8, 4) is 0 Å². The molecule has 0 aromatic heterocycles. The highest BCUT2D eigenvalue weighted by Crippen LogP contribution is 2.23. The Morgan fingerprint density at radius 1 is 1.13 bits per heavy atom. The van der Waals surface area contributed by atoms with E-state index < -0.39 is 0 Å². The Morgan fingerprint density at radius 2 is 1.78 bits per heavy atom.